The van der Waals surface area contributed by atoms with E-state index >= 15 is 0 Å². The Balaban J connectivity index is 1.52. The monoisotopic (exact) mass is 585 g/mol. The molecule has 1 atom stereocenters. The number of ether oxygens (including phenoxy) is 1. The van der Waals surface area contributed by atoms with Crippen LogP contribution in [0.15, 0.2) is 65.8 Å². The van der Waals surface area contributed by atoms with Crippen molar-refractivity contribution < 1.29 is 22.7 Å². The number of amides is 1. The number of nitrogens with one attached hydrogen (secondary N) is 1. The molecule has 0 aliphatic carbocycles. The molecule has 10 nitrogen and oxygen atoms in total. The van der Waals surface area contributed by atoms with Crippen LogP contribution in [-0.2, 0) is 18.0 Å². The van der Waals surface area contributed by atoms with Crippen molar-refractivity contribution in [1.82, 2.24) is 29.3 Å². The van der Waals surface area contributed by atoms with Gasteiger partial charge in [0.15, 0.2) is 5.69 Å². The molecule has 14 heteroatoms. The average Bonchev–Trinajstić information content (AvgIpc) is 3.56. The van der Waals surface area contributed by atoms with Crippen LogP contribution in [0.1, 0.15) is 25.1 Å². The van der Waals surface area contributed by atoms with Gasteiger partial charge in [-0.25, -0.2) is 4.68 Å². The van der Waals surface area contributed by atoms with Gasteiger partial charge in [0.05, 0.1) is 30.7 Å². The molecule has 212 valence electrons. The van der Waals surface area contributed by atoms with E-state index in [1.165, 1.54) is 42.1 Å². The Bertz CT molecular complexity index is 1830. The first-order valence-corrected chi connectivity index (χ1v) is 12.7. The quantitative estimate of drug-likeness (QED) is 0.279. The van der Waals surface area contributed by atoms with Crippen molar-refractivity contribution in [1.29, 1.82) is 0 Å². The smallest absolute Gasteiger partial charge is 0.436 e. The zero-order chi connectivity index (χ0) is 29.5. The van der Waals surface area contributed by atoms with Crippen molar-refractivity contribution in [3.8, 4) is 22.6 Å². The van der Waals surface area contributed by atoms with Gasteiger partial charge in [-0.3, -0.25) is 18.8 Å². The fraction of sp³-hybridized carbons (Fsp3) is 0.222. The summed E-state index contributed by atoms with van der Waals surface area (Å²) in [4.78, 5) is 26.7. The standard InChI is InChI=1S/C27H23ClF3N7O3/c1-4-21(26(40)32-17-6-7-20-15(9-17)12-36(2)34-20)37-13-23(41-3)19(11-25(37)39)18-10-16(28)5-8-22(18)38-14-24(33-35-38)27(29,30)31/h5-14,21H,4H2,1-3H3,(H,32,40). The minimum Gasteiger partial charge on any atom is -0.495 e. The van der Waals surface area contributed by atoms with Gasteiger partial charge in [-0.1, -0.05) is 23.7 Å². The summed E-state index contributed by atoms with van der Waals surface area (Å²) in [5.41, 5.74) is 0.303. The first-order valence-electron chi connectivity index (χ1n) is 12.3. The highest BCUT2D eigenvalue weighted by atomic mass is 35.5. The summed E-state index contributed by atoms with van der Waals surface area (Å²) in [6, 6.07) is 10.1. The van der Waals surface area contributed by atoms with Gasteiger partial charge in [0.1, 0.15) is 11.8 Å². The van der Waals surface area contributed by atoms with Crippen LogP contribution in [0.5, 0.6) is 5.75 Å². The van der Waals surface area contributed by atoms with Gasteiger partial charge in [0.25, 0.3) is 5.56 Å². The number of fused-ring (bicyclic) bond motifs is 1. The predicted octanol–water partition coefficient (Wildman–Crippen LogP) is 5.25. The van der Waals surface area contributed by atoms with E-state index in [9.17, 15) is 22.8 Å². The highest BCUT2D eigenvalue weighted by Crippen LogP contribution is 2.36. The summed E-state index contributed by atoms with van der Waals surface area (Å²) in [5, 5.41) is 15.1. The number of benzene rings is 2. The second kappa shape index (κ2) is 10.7. The van der Waals surface area contributed by atoms with E-state index in [0.717, 1.165) is 21.8 Å². The number of alkyl halides is 3. The molecule has 0 spiro atoms. The van der Waals surface area contributed by atoms with E-state index < -0.39 is 29.4 Å². The molecule has 0 radical (unpaired) electrons. The van der Waals surface area contributed by atoms with Gasteiger partial charge in [-0.05, 0) is 42.8 Å². The van der Waals surface area contributed by atoms with E-state index in [4.69, 9.17) is 16.3 Å². The third-order valence-electron chi connectivity index (χ3n) is 6.46. The lowest BCUT2D eigenvalue weighted by Gasteiger charge is -2.20. The van der Waals surface area contributed by atoms with Gasteiger partial charge < -0.3 is 10.1 Å². The third-order valence-corrected chi connectivity index (χ3v) is 6.69. The van der Waals surface area contributed by atoms with Crippen molar-refractivity contribution >= 4 is 34.1 Å². The van der Waals surface area contributed by atoms with Crippen LogP contribution in [0.4, 0.5) is 18.9 Å². The molecule has 41 heavy (non-hydrogen) atoms. The van der Waals surface area contributed by atoms with Gasteiger partial charge in [0, 0.05) is 46.5 Å². The van der Waals surface area contributed by atoms with Crippen LogP contribution in [0.25, 0.3) is 27.7 Å². The number of halogens is 4. The maximum absolute atomic E-state index is 13.4. The molecule has 3 aromatic heterocycles. The van der Waals surface area contributed by atoms with E-state index in [1.54, 1.807) is 36.9 Å². The number of aryl methyl sites for hydroxylation is 1. The number of hydrogen-bond donors (Lipinski definition) is 1. The Labute approximate surface area is 235 Å². The number of anilines is 1. The molecule has 2 aromatic carbocycles. The van der Waals surface area contributed by atoms with Crippen molar-refractivity contribution in [2.24, 2.45) is 7.05 Å². The van der Waals surface area contributed by atoms with Crippen molar-refractivity contribution in [2.75, 3.05) is 12.4 Å². The molecule has 5 rings (SSSR count). The molecule has 0 aliphatic heterocycles. The van der Waals surface area contributed by atoms with Crippen molar-refractivity contribution in [3.05, 3.63) is 82.1 Å². The average molecular weight is 586 g/mol. The van der Waals surface area contributed by atoms with E-state index in [1.807, 2.05) is 6.20 Å². The van der Waals surface area contributed by atoms with Crippen LogP contribution in [0.3, 0.4) is 0 Å². The van der Waals surface area contributed by atoms with Crippen LogP contribution >= 0.6 is 11.6 Å². The third kappa shape index (κ3) is 5.53. The molecule has 0 aliphatic rings. The topological polar surface area (TPSA) is 109 Å². The van der Waals surface area contributed by atoms with Crippen molar-refractivity contribution in [2.45, 2.75) is 25.6 Å². The van der Waals surface area contributed by atoms with Gasteiger partial charge >= 0.3 is 6.18 Å². The summed E-state index contributed by atoms with van der Waals surface area (Å²) in [7, 11) is 3.17. The van der Waals surface area contributed by atoms with Crippen LogP contribution < -0.4 is 15.6 Å². The summed E-state index contributed by atoms with van der Waals surface area (Å²) >= 11 is 6.22. The molecular formula is C27H23ClF3N7O3. The van der Waals surface area contributed by atoms with Crippen LogP contribution in [0.2, 0.25) is 5.02 Å². The minimum atomic E-state index is -4.69. The Kier molecular flexibility index (Phi) is 7.30. The van der Waals surface area contributed by atoms with Gasteiger partial charge in [-0.15, -0.1) is 5.10 Å². The normalized spacial score (nSPS) is 12.5. The Morgan fingerprint density at radius 2 is 1.88 bits per heavy atom. The van der Waals surface area contributed by atoms with Gasteiger partial charge in [-0.2, -0.15) is 18.3 Å². The maximum Gasteiger partial charge on any atom is 0.436 e. The Morgan fingerprint density at radius 3 is 2.56 bits per heavy atom. The molecule has 1 N–H and O–H groups in total. The molecule has 3 heterocycles. The molecule has 0 saturated carbocycles. The molecule has 5 aromatic rings. The SMILES string of the molecule is CCC(C(=O)Nc1ccc2nn(C)cc2c1)n1cc(OC)c(-c2cc(Cl)ccc2-n2cc(C(F)(F)F)nn2)cc1=O. The molecular weight excluding hydrogens is 563 g/mol. The zero-order valence-electron chi connectivity index (χ0n) is 22.0. The fourth-order valence-corrected chi connectivity index (χ4v) is 4.71. The number of rotatable bonds is 7. The lowest BCUT2D eigenvalue weighted by atomic mass is 10.0. The largest absolute Gasteiger partial charge is 0.495 e. The molecule has 0 fully saturated rings. The van der Waals surface area contributed by atoms with E-state index in [2.05, 4.69) is 20.7 Å². The Morgan fingerprint density at radius 1 is 1.10 bits per heavy atom. The first kappa shape index (κ1) is 27.9. The number of nitrogens with zero attached hydrogens (tertiary/aromatic N) is 6. The maximum atomic E-state index is 13.4. The summed E-state index contributed by atoms with van der Waals surface area (Å²) in [5.74, 6) is -0.231. The lowest BCUT2D eigenvalue weighted by molar-refractivity contribution is -0.141. The number of pyridine rings is 1. The molecule has 0 saturated heterocycles. The number of carbonyl (C=O) groups excluding carboxylic acids is 1. The number of carbonyl (C=O) groups is 1. The minimum absolute atomic E-state index is 0.184. The number of aromatic nitrogens is 6. The summed E-state index contributed by atoms with van der Waals surface area (Å²) in [6.45, 7) is 1.76. The number of hydrogen-bond acceptors (Lipinski definition) is 6. The van der Waals surface area contributed by atoms with Crippen molar-refractivity contribution in [3.63, 3.8) is 0 Å². The first-order chi connectivity index (χ1) is 19.5. The summed E-state index contributed by atoms with van der Waals surface area (Å²) < 4.78 is 48.9. The predicted molar refractivity (Wildman–Crippen MR) is 146 cm³/mol. The van der Waals surface area contributed by atoms with E-state index in [0.29, 0.717) is 5.69 Å². The van der Waals surface area contributed by atoms with E-state index in [-0.39, 0.29) is 34.0 Å². The zero-order valence-corrected chi connectivity index (χ0v) is 22.7. The highest BCUT2D eigenvalue weighted by Gasteiger charge is 2.35. The summed E-state index contributed by atoms with van der Waals surface area (Å²) in [6.07, 6.45) is -0.458. The van der Waals surface area contributed by atoms with Crippen LogP contribution in [-0.4, -0.2) is 42.4 Å². The van der Waals surface area contributed by atoms with Gasteiger partial charge in [0.2, 0.25) is 5.91 Å². The molecule has 0 bridgehead atoms. The second-order valence-corrected chi connectivity index (χ2v) is 9.63. The van der Waals surface area contributed by atoms with Crippen LogP contribution in [0, 0.1) is 0 Å². The molecule has 1 amide bonds. The lowest BCUT2D eigenvalue weighted by Crippen LogP contribution is -2.32. The second-order valence-electron chi connectivity index (χ2n) is 9.20. The molecule has 1 unspecified atom stereocenters. The number of methoxy groups -OCH3 is 1. The fourth-order valence-electron chi connectivity index (χ4n) is 4.54. The highest BCUT2D eigenvalue weighted by molar-refractivity contribution is 6.31. The Hall–Kier alpha value is -4.65.